The van der Waals surface area contributed by atoms with Gasteiger partial charge in [-0.25, -0.2) is 4.79 Å². The van der Waals surface area contributed by atoms with Crippen molar-refractivity contribution in [3.63, 3.8) is 0 Å². The van der Waals surface area contributed by atoms with Crippen LogP contribution in [-0.4, -0.2) is 46.5 Å². The van der Waals surface area contributed by atoms with Crippen molar-refractivity contribution in [2.45, 2.75) is 38.4 Å². The number of amides is 2. The van der Waals surface area contributed by atoms with Crippen molar-refractivity contribution < 1.29 is 4.79 Å². The van der Waals surface area contributed by atoms with Gasteiger partial charge >= 0.3 is 6.03 Å². The summed E-state index contributed by atoms with van der Waals surface area (Å²) in [7, 11) is 0. The Labute approximate surface area is 161 Å². The molecule has 0 radical (unpaired) electrons. The molecule has 2 aromatic rings. The van der Waals surface area contributed by atoms with Crippen molar-refractivity contribution in [2.24, 2.45) is 5.92 Å². The van der Waals surface area contributed by atoms with Crippen molar-refractivity contribution in [1.29, 1.82) is 0 Å². The first-order valence-electron chi connectivity index (χ1n) is 10.0. The Hall–Kier alpha value is -2.40. The second kappa shape index (κ2) is 8.53. The van der Waals surface area contributed by atoms with Crippen LogP contribution in [-0.2, 0) is 13.1 Å². The van der Waals surface area contributed by atoms with Gasteiger partial charge in [-0.3, -0.25) is 9.88 Å². The lowest BCUT2D eigenvalue weighted by Gasteiger charge is -2.27. The summed E-state index contributed by atoms with van der Waals surface area (Å²) in [5.41, 5.74) is 2.27. The maximum atomic E-state index is 12.7. The predicted octanol–water partition coefficient (Wildman–Crippen LogP) is 3.28. The molecule has 1 aromatic heterocycles. The predicted molar refractivity (Wildman–Crippen MR) is 106 cm³/mol. The zero-order valence-corrected chi connectivity index (χ0v) is 15.8. The Bertz CT molecular complexity index is 736. The van der Waals surface area contributed by atoms with Crippen molar-refractivity contribution in [1.82, 2.24) is 20.1 Å². The molecule has 2 saturated heterocycles. The molecule has 5 nitrogen and oxygen atoms in total. The molecule has 0 spiro atoms. The molecule has 0 bridgehead atoms. The van der Waals surface area contributed by atoms with Crippen LogP contribution in [0.1, 0.15) is 30.5 Å². The number of hydrogen-bond donors (Lipinski definition) is 1. The van der Waals surface area contributed by atoms with Crippen molar-refractivity contribution in [3.05, 3.63) is 66.0 Å². The number of fused-ring (bicyclic) bond motifs is 1. The maximum absolute atomic E-state index is 12.7. The molecule has 2 amide bonds. The van der Waals surface area contributed by atoms with Gasteiger partial charge in [-0.1, -0.05) is 36.4 Å². The molecule has 2 fully saturated rings. The number of likely N-dealkylation sites (tertiary alicyclic amines) is 2. The van der Waals surface area contributed by atoms with Crippen LogP contribution in [0.5, 0.6) is 0 Å². The molecular weight excluding hydrogens is 336 g/mol. The molecule has 0 saturated carbocycles. The number of hydrogen-bond acceptors (Lipinski definition) is 3. The number of carbonyl (C=O) groups is 1. The van der Waals surface area contributed by atoms with E-state index < -0.39 is 0 Å². The van der Waals surface area contributed by atoms with E-state index in [-0.39, 0.29) is 6.03 Å². The number of rotatable bonds is 4. The van der Waals surface area contributed by atoms with Gasteiger partial charge in [-0.05, 0) is 49.4 Å². The Morgan fingerprint density at radius 1 is 1.00 bits per heavy atom. The standard InChI is InChI=1S/C22H28N4O/c27-22(24-16-18-6-2-1-3-7-18)26-15-10-19-9-13-25(14-11-21(19)26)17-20-8-4-5-12-23-20/h1-8,12,19,21H,9-11,13-17H2,(H,24,27)/t19-,21+/m0/s1. The Balaban J connectivity index is 1.32. The fourth-order valence-electron chi connectivity index (χ4n) is 4.43. The van der Waals surface area contributed by atoms with E-state index in [0.717, 1.165) is 50.3 Å². The summed E-state index contributed by atoms with van der Waals surface area (Å²) in [6, 6.07) is 16.7. The molecular formula is C22H28N4O. The molecule has 27 heavy (non-hydrogen) atoms. The minimum Gasteiger partial charge on any atom is -0.334 e. The summed E-state index contributed by atoms with van der Waals surface area (Å²) in [5.74, 6) is 0.626. The van der Waals surface area contributed by atoms with Crippen LogP contribution in [0.25, 0.3) is 0 Å². The minimum absolute atomic E-state index is 0.0875. The van der Waals surface area contributed by atoms with Crippen molar-refractivity contribution >= 4 is 6.03 Å². The van der Waals surface area contributed by atoms with Gasteiger partial charge in [0.1, 0.15) is 0 Å². The number of carbonyl (C=O) groups excluding carboxylic acids is 1. The van der Waals surface area contributed by atoms with E-state index in [1.807, 2.05) is 48.7 Å². The van der Waals surface area contributed by atoms with E-state index in [4.69, 9.17) is 0 Å². The summed E-state index contributed by atoms with van der Waals surface area (Å²) < 4.78 is 0. The molecule has 142 valence electrons. The third kappa shape index (κ3) is 4.48. The average Bonchev–Trinajstić information content (AvgIpc) is 3.02. The first-order chi connectivity index (χ1) is 13.3. The van der Waals surface area contributed by atoms with Crippen LogP contribution in [0.2, 0.25) is 0 Å². The topological polar surface area (TPSA) is 48.5 Å². The highest BCUT2D eigenvalue weighted by Crippen LogP contribution is 2.32. The van der Waals surface area contributed by atoms with Crippen molar-refractivity contribution in [2.75, 3.05) is 19.6 Å². The molecule has 4 rings (SSSR count). The number of nitrogens with zero attached hydrogens (tertiary/aromatic N) is 3. The van der Waals surface area contributed by atoms with Crippen LogP contribution in [0.3, 0.4) is 0 Å². The van der Waals surface area contributed by atoms with Gasteiger partial charge in [0.25, 0.3) is 0 Å². The molecule has 0 unspecified atom stereocenters. The van der Waals surface area contributed by atoms with E-state index >= 15 is 0 Å². The van der Waals surface area contributed by atoms with Gasteiger partial charge in [0.05, 0.1) is 5.69 Å². The average molecular weight is 364 g/mol. The molecule has 0 aliphatic carbocycles. The normalized spacial score (nSPS) is 22.9. The van der Waals surface area contributed by atoms with Gasteiger partial charge in [0.2, 0.25) is 0 Å². The largest absolute Gasteiger partial charge is 0.334 e. The molecule has 2 aliphatic heterocycles. The fourth-order valence-corrected chi connectivity index (χ4v) is 4.43. The third-order valence-electron chi connectivity index (χ3n) is 5.90. The molecule has 2 aliphatic rings. The Kier molecular flexibility index (Phi) is 5.68. The smallest absolute Gasteiger partial charge is 0.317 e. The third-order valence-corrected chi connectivity index (χ3v) is 5.90. The van der Waals surface area contributed by atoms with E-state index in [1.165, 1.54) is 6.42 Å². The highest BCUT2D eigenvalue weighted by molar-refractivity contribution is 5.75. The van der Waals surface area contributed by atoms with Gasteiger partial charge in [0, 0.05) is 38.4 Å². The molecule has 1 aromatic carbocycles. The highest BCUT2D eigenvalue weighted by Gasteiger charge is 2.38. The lowest BCUT2D eigenvalue weighted by molar-refractivity contribution is 0.180. The monoisotopic (exact) mass is 364 g/mol. The quantitative estimate of drug-likeness (QED) is 0.906. The van der Waals surface area contributed by atoms with Crippen LogP contribution < -0.4 is 5.32 Å². The zero-order chi connectivity index (χ0) is 18.5. The molecule has 5 heteroatoms. The first kappa shape index (κ1) is 18.0. The SMILES string of the molecule is O=C(NCc1ccccc1)N1CC[C@@H]2CCN(Cc3ccccn3)CC[C@H]21. The molecule has 3 heterocycles. The molecule has 1 N–H and O–H groups in total. The minimum atomic E-state index is 0.0875. The summed E-state index contributed by atoms with van der Waals surface area (Å²) in [5, 5.41) is 3.11. The Morgan fingerprint density at radius 2 is 1.78 bits per heavy atom. The summed E-state index contributed by atoms with van der Waals surface area (Å²) in [6.45, 7) is 4.51. The summed E-state index contributed by atoms with van der Waals surface area (Å²) in [4.78, 5) is 21.8. The van der Waals surface area contributed by atoms with Gasteiger partial charge in [-0.2, -0.15) is 0 Å². The second-order valence-electron chi connectivity index (χ2n) is 7.63. The van der Waals surface area contributed by atoms with E-state index in [0.29, 0.717) is 18.5 Å². The van der Waals surface area contributed by atoms with Crippen LogP contribution >= 0.6 is 0 Å². The van der Waals surface area contributed by atoms with Crippen LogP contribution in [0.4, 0.5) is 4.79 Å². The number of aromatic nitrogens is 1. The number of urea groups is 1. The summed E-state index contributed by atoms with van der Waals surface area (Å²) in [6.07, 6.45) is 5.21. The van der Waals surface area contributed by atoms with E-state index in [2.05, 4.69) is 26.2 Å². The van der Waals surface area contributed by atoms with Gasteiger partial charge in [-0.15, -0.1) is 0 Å². The lowest BCUT2D eigenvalue weighted by atomic mass is 9.96. The van der Waals surface area contributed by atoms with Crippen molar-refractivity contribution in [3.8, 4) is 0 Å². The highest BCUT2D eigenvalue weighted by atomic mass is 16.2. The Morgan fingerprint density at radius 3 is 2.59 bits per heavy atom. The second-order valence-corrected chi connectivity index (χ2v) is 7.63. The maximum Gasteiger partial charge on any atom is 0.317 e. The number of benzene rings is 1. The van der Waals surface area contributed by atoms with Crippen LogP contribution in [0.15, 0.2) is 54.7 Å². The fraction of sp³-hybridized carbons (Fsp3) is 0.455. The zero-order valence-electron chi connectivity index (χ0n) is 15.8. The van der Waals surface area contributed by atoms with Gasteiger partial charge < -0.3 is 10.2 Å². The van der Waals surface area contributed by atoms with Gasteiger partial charge in [0.15, 0.2) is 0 Å². The summed E-state index contributed by atoms with van der Waals surface area (Å²) >= 11 is 0. The van der Waals surface area contributed by atoms with E-state index in [9.17, 15) is 4.79 Å². The number of nitrogens with one attached hydrogen (secondary N) is 1. The molecule has 2 atom stereocenters. The van der Waals surface area contributed by atoms with Crippen LogP contribution in [0, 0.1) is 5.92 Å². The first-order valence-corrected chi connectivity index (χ1v) is 10.0. The van der Waals surface area contributed by atoms with E-state index in [1.54, 1.807) is 0 Å². The lowest BCUT2D eigenvalue weighted by Crippen LogP contribution is -2.44. The number of pyridine rings is 1.